The normalized spacial score (nSPS) is 11.9. The van der Waals surface area contributed by atoms with E-state index < -0.39 is 11.9 Å². The third-order valence-corrected chi connectivity index (χ3v) is 2.05. The van der Waals surface area contributed by atoms with E-state index in [-0.39, 0.29) is 16.5 Å². The molecule has 5 heteroatoms. The molecule has 1 heterocycles. The van der Waals surface area contributed by atoms with Gasteiger partial charge in [-0.15, -0.1) is 0 Å². The molecule has 0 saturated carbocycles. The molecular formula is C10H6F3NO. The minimum atomic E-state index is -4.51. The average molecular weight is 213 g/mol. The first-order valence-electron chi connectivity index (χ1n) is 4.14. The molecular weight excluding hydrogens is 207 g/mol. The van der Waals surface area contributed by atoms with E-state index in [1.165, 1.54) is 24.3 Å². The molecule has 0 radical (unpaired) electrons. The van der Waals surface area contributed by atoms with Crippen LogP contribution in [0, 0.1) is 0 Å². The Kier molecular flexibility index (Phi) is 2.03. The third kappa shape index (κ3) is 1.60. The number of hydrogen-bond donors (Lipinski definition) is 1. The number of pyridine rings is 1. The summed E-state index contributed by atoms with van der Waals surface area (Å²) in [6, 6.07) is 5.32. The topological polar surface area (TPSA) is 33.1 Å². The second-order valence-corrected chi connectivity index (χ2v) is 3.03. The van der Waals surface area contributed by atoms with Gasteiger partial charge in [0.25, 0.3) is 0 Å². The first-order chi connectivity index (χ1) is 7.00. The van der Waals surface area contributed by atoms with Crippen LogP contribution in [0.15, 0.2) is 30.5 Å². The molecule has 0 atom stereocenters. The second kappa shape index (κ2) is 3.12. The van der Waals surface area contributed by atoms with Gasteiger partial charge in [0, 0.05) is 17.0 Å². The molecule has 0 saturated heterocycles. The van der Waals surface area contributed by atoms with Crippen molar-refractivity contribution in [2.75, 3.05) is 0 Å². The number of hydrogen-bond acceptors (Lipinski definition) is 2. The maximum absolute atomic E-state index is 12.5. The number of phenolic OH excluding ortho intramolecular Hbond substituents is 1. The van der Waals surface area contributed by atoms with Gasteiger partial charge >= 0.3 is 6.18 Å². The molecule has 0 spiro atoms. The molecule has 78 valence electrons. The summed E-state index contributed by atoms with van der Waals surface area (Å²) < 4.78 is 37.5. The lowest BCUT2D eigenvalue weighted by Crippen LogP contribution is -2.08. The number of phenols is 1. The van der Waals surface area contributed by atoms with Gasteiger partial charge in [0.05, 0.1) is 0 Å². The molecule has 0 fully saturated rings. The molecule has 2 nitrogen and oxygen atoms in total. The van der Waals surface area contributed by atoms with Gasteiger partial charge in [0.15, 0.2) is 5.69 Å². The van der Waals surface area contributed by atoms with Crippen molar-refractivity contribution in [3.8, 4) is 5.75 Å². The molecule has 15 heavy (non-hydrogen) atoms. The summed E-state index contributed by atoms with van der Waals surface area (Å²) in [6.07, 6.45) is -3.47. The number of halogens is 3. The fraction of sp³-hybridized carbons (Fsp3) is 0.100. The van der Waals surface area contributed by atoms with Crippen molar-refractivity contribution in [1.82, 2.24) is 4.98 Å². The molecule has 0 amide bonds. The fourth-order valence-corrected chi connectivity index (χ4v) is 1.42. The number of nitrogens with zero attached hydrogens (tertiary/aromatic N) is 1. The van der Waals surface area contributed by atoms with E-state index in [1.807, 2.05) is 0 Å². The maximum atomic E-state index is 12.5. The number of aromatic nitrogens is 1. The number of alkyl halides is 3. The zero-order chi connectivity index (χ0) is 11.1. The van der Waals surface area contributed by atoms with Crippen molar-refractivity contribution in [1.29, 1.82) is 0 Å². The first kappa shape index (κ1) is 9.76. The van der Waals surface area contributed by atoms with E-state index in [1.54, 1.807) is 0 Å². The lowest BCUT2D eigenvalue weighted by molar-refractivity contribution is -0.139. The molecule has 0 bridgehead atoms. The lowest BCUT2D eigenvalue weighted by Gasteiger charge is -2.09. The lowest BCUT2D eigenvalue weighted by atomic mass is 10.1. The smallest absolute Gasteiger partial charge is 0.433 e. The largest absolute Gasteiger partial charge is 0.507 e. The predicted octanol–water partition coefficient (Wildman–Crippen LogP) is 2.96. The highest BCUT2D eigenvalue weighted by Crippen LogP contribution is 2.35. The van der Waals surface area contributed by atoms with Crippen molar-refractivity contribution in [3.63, 3.8) is 0 Å². The van der Waals surface area contributed by atoms with Gasteiger partial charge in [-0.2, -0.15) is 13.2 Å². The monoisotopic (exact) mass is 213 g/mol. The summed E-state index contributed by atoms with van der Waals surface area (Å²) >= 11 is 0. The zero-order valence-electron chi connectivity index (χ0n) is 7.42. The van der Waals surface area contributed by atoms with Crippen LogP contribution in [0.5, 0.6) is 5.75 Å². The van der Waals surface area contributed by atoms with Gasteiger partial charge in [0.2, 0.25) is 0 Å². The van der Waals surface area contributed by atoms with Crippen molar-refractivity contribution in [3.05, 3.63) is 36.2 Å². The van der Waals surface area contributed by atoms with Gasteiger partial charge in [-0.25, -0.2) is 0 Å². The van der Waals surface area contributed by atoms with Crippen molar-refractivity contribution in [2.45, 2.75) is 6.18 Å². The van der Waals surface area contributed by atoms with E-state index in [9.17, 15) is 18.3 Å². The molecule has 1 aromatic heterocycles. The Morgan fingerprint density at radius 2 is 1.80 bits per heavy atom. The van der Waals surface area contributed by atoms with E-state index in [0.717, 1.165) is 6.20 Å². The van der Waals surface area contributed by atoms with Crippen molar-refractivity contribution >= 4 is 10.8 Å². The highest BCUT2D eigenvalue weighted by molar-refractivity contribution is 5.89. The average Bonchev–Trinajstić information content (AvgIpc) is 2.16. The quantitative estimate of drug-likeness (QED) is 0.729. The Hall–Kier alpha value is -1.78. The van der Waals surface area contributed by atoms with Gasteiger partial charge in [-0.1, -0.05) is 12.1 Å². The molecule has 0 unspecified atom stereocenters. The SMILES string of the molecule is Oc1cccc2c(C(F)(F)F)nccc12. The fourth-order valence-electron chi connectivity index (χ4n) is 1.42. The van der Waals surface area contributed by atoms with Crippen LogP contribution < -0.4 is 0 Å². The standard InChI is InChI=1S/C10H6F3NO/c11-10(12,13)9-7-2-1-3-8(15)6(7)4-5-14-9/h1-5,15H. The van der Waals surface area contributed by atoms with E-state index in [0.29, 0.717) is 0 Å². The summed E-state index contributed by atoms with van der Waals surface area (Å²) in [5.74, 6) is -0.180. The number of fused-ring (bicyclic) bond motifs is 1. The Balaban J connectivity index is 2.83. The van der Waals surface area contributed by atoms with E-state index in [2.05, 4.69) is 4.98 Å². The van der Waals surface area contributed by atoms with Crippen LogP contribution in [-0.2, 0) is 6.18 Å². The number of benzene rings is 1. The van der Waals surface area contributed by atoms with Crippen LogP contribution in [0.2, 0.25) is 0 Å². The van der Waals surface area contributed by atoms with Crippen LogP contribution in [0.4, 0.5) is 13.2 Å². The Bertz CT molecular complexity index is 507. The van der Waals surface area contributed by atoms with Crippen LogP contribution >= 0.6 is 0 Å². The van der Waals surface area contributed by atoms with Gasteiger partial charge < -0.3 is 5.11 Å². The summed E-state index contributed by atoms with van der Waals surface area (Å²) in [7, 11) is 0. The van der Waals surface area contributed by atoms with Crippen LogP contribution in [0.25, 0.3) is 10.8 Å². The molecule has 1 aromatic carbocycles. The first-order valence-corrected chi connectivity index (χ1v) is 4.14. The summed E-state index contributed by atoms with van der Waals surface area (Å²) in [6.45, 7) is 0. The van der Waals surface area contributed by atoms with Crippen LogP contribution in [0.3, 0.4) is 0 Å². The Morgan fingerprint density at radius 1 is 1.07 bits per heavy atom. The highest BCUT2D eigenvalue weighted by Gasteiger charge is 2.34. The molecule has 0 aliphatic carbocycles. The van der Waals surface area contributed by atoms with Gasteiger partial charge in [0.1, 0.15) is 5.75 Å². The van der Waals surface area contributed by atoms with E-state index in [4.69, 9.17) is 0 Å². The number of aromatic hydroxyl groups is 1. The Morgan fingerprint density at radius 3 is 2.47 bits per heavy atom. The minimum absolute atomic E-state index is 0.0926. The number of rotatable bonds is 0. The van der Waals surface area contributed by atoms with Crippen molar-refractivity contribution in [2.24, 2.45) is 0 Å². The maximum Gasteiger partial charge on any atom is 0.433 e. The second-order valence-electron chi connectivity index (χ2n) is 3.03. The molecule has 1 N–H and O–H groups in total. The van der Waals surface area contributed by atoms with Gasteiger partial charge in [-0.3, -0.25) is 4.98 Å². The highest BCUT2D eigenvalue weighted by atomic mass is 19.4. The summed E-state index contributed by atoms with van der Waals surface area (Å²) in [5, 5.41) is 9.43. The van der Waals surface area contributed by atoms with Gasteiger partial charge in [-0.05, 0) is 12.1 Å². The van der Waals surface area contributed by atoms with E-state index >= 15 is 0 Å². The molecule has 2 rings (SSSR count). The summed E-state index contributed by atoms with van der Waals surface area (Å²) in [5.41, 5.74) is -0.976. The predicted molar refractivity (Wildman–Crippen MR) is 48.4 cm³/mol. The van der Waals surface area contributed by atoms with Crippen LogP contribution in [0.1, 0.15) is 5.69 Å². The molecule has 0 aliphatic rings. The van der Waals surface area contributed by atoms with Crippen LogP contribution in [-0.4, -0.2) is 10.1 Å². The molecule has 0 aliphatic heterocycles. The summed E-state index contributed by atoms with van der Waals surface area (Å²) in [4.78, 5) is 3.28. The minimum Gasteiger partial charge on any atom is -0.507 e. The Labute approximate surface area is 83.0 Å². The zero-order valence-corrected chi connectivity index (χ0v) is 7.42. The third-order valence-electron chi connectivity index (χ3n) is 2.05. The molecule has 2 aromatic rings. The van der Waals surface area contributed by atoms with Crippen molar-refractivity contribution < 1.29 is 18.3 Å².